The third-order valence-corrected chi connectivity index (χ3v) is 6.29. The summed E-state index contributed by atoms with van der Waals surface area (Å²) in [4.78, 5) is 20.2. The van der Waals surface area contributed by atoms with Crippen LogP contribution in [-0.2, 0) is 0 Å². The number of nitrogens with one attached hydrogen (secondary N) is 2. The second-order valence-corrected chi connectivity index (χ2v) is 8.96. The molecule has 9 nitrogen and oxygen atoms in total. The van der Waals surface area contributed by atoms with Crippen molar-refractivity contribution in [3.8, 4) is 11.6 Å². The van der Waals surface area contributed by atoms with Crippen molar-refractivity contribution >= 4 is 39.0 Å². The molecule has 1 atom stereocenters. The minimum Gasteiger partial charge on any atom is -0.492 e. The maximum absolute atomic E-state index is 12.8. The monoisotopic (exact) mass is 457 g/mol. The number of hydrogen-bond donors (Lipinski definition) is 2. The van der Waals surface area contributed by atoms with Gasteiger partial charge in [-0.3, -0.25) is 4.79 Å². The minimum absolute atomic E-state index is 0.170. The number of aryl methyl sites for hydroxylation is 1. The molecule has 3 aromatic heterocycles. The molecule has 11 heteroatoms. The summed E-state index contributed by atoms with van der Waals surface area (Å²) in [6.45, 7) is 4.38. The Morgan fingerprint density at radius 3 is 2.97 bits per heavy atom. The van der Waals surface area contributed by atoms with Gasteiger partial charge in [0.1, 0.15) is 5.75 Å². The average Bonchev–Trinajstić information content (AvgIpc) is 3.30. The Hall–Kier alpha value is -2.98. The van der Waals surface area contributed by atoms with Gasteiger partial charge >= 0.3 is 0 Å². The van der Waals surface area contributed by atoms with Crippen LogP contribution in [-0.4, -0.2) is 36.8 Å². The number of halogens is 1. The lowest BCUT2D eigenvalue weighted by Gasteiger charge is -2.14. The number of tetrazole rings is 1. The number of benzene rings is 1. The van der Waals surface area contributed by atoms with Gasteiger partial charge in [0.15, 0.2) is 16.8 Å². The van der Waals surface area contributed by atoms with Crippen LogP contribution in [0.1, 0.15) is 37.2 Å². The molecule has 0 unspecified atom stereocenters. The number of aromatic nitrogens is 6. The van der Waals surface area contributed by atoms with E-state index in [1.807, 2.05) is 24.4 Å². The summed E-state index contributed by atoms with van der Waals surface area (Å²) < 4.78 is 7.37. The van der Waals surface area contributed by atoms with Crippen molar-refractivity contribution in [1.29, 1.82) is 0 Å². The molecular weight excluding hydrogens is 438 g/mol. The van der Waals surface area contributed by atoms with E-state index in [0.717, 1.165) is 5.39 Å². The summed E-state index contributed by atoms with van der Waals surface area (Å²) in [6.07, 6.45) is 2.40. The van der Waals surface area contributed by atoms with Crippen molar-refractivity contribution in [1.82, 2.24) is 30.2 Å². The molecule has 0 amide bonds. The minimum atomic E-state index is -0.272. The Balaban J connectivity index is 1.38. The van der Waals surface area contributed by atoms with E-state index < -0.39 is 0 Å². The zero-order valence-electron chi connectivity index (χ0n) is 16.9. The molecule has 3 heterocycles. The highest BCUT2D eigenvalue weighted by atomic mass is 35.5. The first-order valence-electron chi connectivity index (χ1n) is 9.94. The maximum Gasteiger partial charge on any atom is 0.253 e. The number of aromatic amines is 1. The number of nitrogens with zero attached hydrogens (tertiary/aromatic N) is 5. The van der Waals surface area contributed by atoms with Gasteiger partial charge in [-0.2, -0.15) is 4.68 Å². The van der Waals surface area contributed by atoms with Crippen LogP contribution >= 0.6 is 22.9 Å². The summed E-state index contributed by atoms with van der Waals surface area (Å²) >= 11 is 7.83. The van der Waals surface area contributed by atoms with Crippen LogP contribution in [0.3, 0.4) is 0 Å². The number of fused-ring (bicyclic) bond motifs is 1. The van der Waals surface area contributed by atoms with Gasteiger partial charge in [-0.05, 0) is 55.2 Å². The Morgan fingerprint density at radius 1 is 1.39 bits per heavy atom. The highest BCUT2D eigenvalue weighted by molar-refractivity contribution is 7.13. The average molecular weight is 458 g/mol. The molecule has 1 aliphatic carbocycles. The van der Waals surface area contributed by atoms with Gasteiger partial charge in [-0.25, -0.2) is 4.98 Å². The predicted octanol–water partition coefficient (Wildman–Crippen LogP) is 3.88. The van der Waals surface area contributed by atoms with Crippen LogP contribution in [0.25, 0.3) is 16.7 Å². The Morgan fingerprint density at radius 2 is 2.23 bits per heavy atom. The van der Waals surface area contributed by atoms with Gasteiger partial charge in [-0.1, -0.05) is 11.6 Å². The van der Waals surface area contributed by atoms with Crippen LogP contribution in [0.15, 0.2) is 28.4 Å². The van der Waals surface area contributed by atoms with E-state index in [1.165, 1.54) is 24.2 Å². The first-order valence-corrected chi connectivity index (χ1v) is 11.2. The predicted molar refractivity (Wildman–Crippen MR) is 119 cm³/mol. The number of H-pyrrole nitrogens is 1. The van der Waals surface area contributed by atoms with E-state index in [4.69, 9.17) is 16.3 Å². The normalized spacial score (nSPS) is 14.7. The summed E-state index contributed by atoms with van der Waals surface area (Å²) in [5, 5.41) is 18.6. The number of hydrogen-bond acceptors (Lipinski definition) is 8. The Labute approximate surface area is 186 Å². The van der Waals surface area contributed by atoms with Crippen LogP contribution in [0, 0.1) is 12.8 Å². The van der Waals surface area contributed by atoms with Gasteiger partial charge in [-0.15, -0.1) is 16.4 Å². The first-order chi connectivity index (χ1) is 15.0. The second-order valence-electron chi connectivity index (χ2n) is 7.69. The molecule has 0 aliphatic heterocycles. The van der Waals surface area contributed by atoms with Gasteiger partial charge in [0.05, 0.1) is 23.2 Å². The molecule has 160 valence electrons. The molecule has 0 saturated heterocycles. The molecule has 0 radical (unpaired) electrons. The van der Waals surface area contributed by atoms with Gasteiger partial charge in [0.25, 0.3) is 5.56 Å². The molecule has 1 fully saturated rings. The van der Waals surface area contributed by atoms with E-state index in [1.54, 1.807) is 17.7 Å². The highest BCUT2D eigenvalue weighted by Crippen LogP contribution is 2.34. The molecule has 5 rings (SSSR count). The van der Waals surface area contributed by atoms with Gasteiger partial charge < -0.3 is 15.0 Å². The lowest BCUT2D eigenvalue weighted by atomic mass is 10.1. The molecule has 2 N–H and O–H groups in total. The van der Waals surface area contributed by atoms with Gasteiger partial charge in [0.2, 0.25) is 0 Å². The molecule has 1 aliphatic rings. The molecule has 0 bridgehead atoms. The molecule has 4 aromatic rings. The topological polar surface area (TPSA) is 111 Å². The molecule has 0 spiro atoms. The van der Waals surface area contributed by atoms with E-state index in [2.05, 4.69) is 30.8 Å². The highest BCUT2D eigenvalue weighted by Gasteiger charge is 2.22. The standard InChI is InChI=1S/C20H20ClN7O2S/c1-10(22-20-24-18(9-31-20)28-11(2)25-26-27-28)14-5-13-6-15(21)17(30-8-12-3-4-12)7-16(13)23-19(14)29/h5-7,9-10,12H,3-4,8H2,1-2H3,(H,22,24)(H,23,29)/t10-/m0/s1. The van der Waals surface area contributed by atoms with Crippen molar-refractivity contribution in [3.05, 3.63) is 50.3 Å². The number of pyridine rings is 1. The zero-order valence-corrected chi connectivity index (χ0v) is 18.5. The zero-order chi connectivity index (χ0) is 21.5. The van der Waals surface area contributed by atoms with Crippen molar-refractivity contribution in [2.75, 3.05) is 11.9 Å². The largest absolute Gasteiger partial charge is 0.492 e. The summed E-state index contributed by atoms with van der Waals surface area (Å²) in [5.74, 6) is 2.49. The van der Waals surface area contributed by atoms with Crippen molar-refractivity contribution in [2.24, 2.45) is 5.92 Å². The quantitative estimate of drug-likeness (QED) is 0.433. The van der Waals surface area contributed by atoms with Gasteiger partial charge in [0, 0.05) is 22.4 Å². The fourth-order valence-corrected chi connectivity index (χ4v) is 4.27. The fraction of sp³-hybridized carbons (Fsp3) is 0.350. The van der Waals surface area contributed by atoms with E-state index in [0.29, 0.717) is 51.2 Å². The van der Waals surface area contributed by atoms with Crippen LogP contribution in [0.2, 0.25) is 5.02 Å². The number of rotatable bonds is 7. The number of anilines is 1. The van der Waals surface area contributed by atoms with E-state index in [-0.39, 0.29) is 11.6 Å². The summed E-state index contributed by atoms with van der Waals surface area (Å²) in [5.41, 5.74) is 1.11. The third kappa shape index (κ3) is 4.13. The van der Waals surface area contributed by atoms with Crippen LogP contribution < -0.4 is 15.6 Å². The summed E-state index contributed by atoms with van der Waals surface area (Å²) in [6, 6.07) is 5.20. The van der Waals surface area contributed by atoms with Crippen molar-refractivity contribution < 1.29 is 4.74 Å². The molecule has 31 heavy (non-hydrogen) atoms. The number of ether oxygens (including phenoxy) is 1. The smallest absolute Gasteiger partial charge is 0.253 e. The molecule has 1 aromatic carbocycles. The van der Waals surface area contributed by atoms with Crippen LogP contribution in [0.4, 0.5) is 5.13 Å². The maximum atomic E-state index is 12.8. The Bertz CT molecular complexity index is 1310. The van der Waals surface area contributed by atoms with E-state index >= 15 is 0 Å². The summed E-state index contributed by atoms with van der Waals surface area (Å²) in [7, 11) is 0. The van der Waals surface area contributed by atoms with Crippen LogP contribution in [0.5, 0.6) is 5.75 Å². The lowest BCUT2D eigenvalue weighted by molar-refractivity contribution is 0.300. The third-order valence-electron chi connectivity index (χ3n) is 5.24. The SMILES string of the molecule is Cc1nnnn1-c1csc(N[C@@H](C)c2cc3cc(Cl)c(OCC4CC4)cc3[nH]c2=O)n1. The van der Waals surface area contributed by atoms with Crippen molar-refractivity contribution in [2.45, 2.75) is 32.7 Å². The molecule has 1 saturated carbocycles. The van der Waals surface area contributed by atoms with E-state index in [9.17, 15) is 4.79 Å². The molecular formula is C20H20ClN7O2S. The first kappa shape index (κ1) is 20.0. The second kappa shape index (κ2) is 7.93. The lowest BCUT2D eigenvalue weighted by Crippen LogP contribution is -2.19. The fourth-order valence-electron chi connectivity index (χ4n) is 3.28. The number of thiazole rings is 1. The van der Waals surface area contributed by atoms with Crippen molar-refractivity contribution in [3.63, 3.8) is 0 Å². The Kier molecular flexibility index (Phi) is 5.11.